The third-order valence-electron chi connectivity index (χ3n) is 5.44. The van der Waals surface area contributed by atoms with Crippen LogP contribution in [0.5, 0.6) is 0 Å². The van der Waals surface area contributed by atoms with Crippen molar-refractivity contribution < 1.29 is 23.5 Å². The normalized spacial score (nSPS) is 19.7. The van der Waals surface area contributed by atoms with Crippen molar-refractivity contribution in [1.82, 2.24) is 15.5 Å². The van der Waals surface area contributed by atoms with E-state index in [1.165, 1.54) is 12.5 Å². The third kappa shape index (κ3) is 10.4. The second-order valence-electron chi connectivity index (χ2n) is 8.52. The molecule has 7 nitrogen and oxygen atoms in total. The number of carbonyl (C=O) groups is 2. The van der Waals surface area contributed by atoms with Crippen LogP contribution >= 0.6 is 23.4 Å². The number of aryl methyl sites for hydroxylation is 1. The fourth-order valence-corrected chi connectivity index (χ4v) is 3.59. The fraction of sp³-hybridized carbons (Fsp3) is 0.667. The lowest BCUT2D eigenvalue weighted by Crippen LogP contribution is -2.47. The molecule has 1 unspecified atom stereocenters. The number of urea groups is 1. The number of benzene rings is 1. The minimum Gasteiger partial charge on any atom is -0.376 e. The van der Waals surface area contributed by atoms with Gasteiger partial charge in [-0.25, -0.2) is 9.18 Å². The van der Waals surface area contributed by atoms with E-state index in [4.69, 9.17) is 21.1 Å². The minimum atomic E-state index is -0.396. The van der Waals surface area contributed by atoms with E-state index in [9.17, 15) is 14.0 Å². The van der Waals surface area contributed by atoms with Gasteiger partial charge in [0.1, 0.15) is 5.82 Å². The number of hydrogen-bond acceptors (Lipinski definition) is 5. The van der Waals surface area contributed by atoms with Crippen LogP contribution < -0.4 is 10.6 Å². The van der Waals surface area contributed by atoms with Gasteiger partial charge in [-0.3, -0.25) is 4.79 Å². The average molecular weight is 518 g/mol. The van der Waals surface area contributed by atoms with Crippen molar-refractivity contribution in [2.45, 2.75) is 57.7 Å². The molecule has 192 valence electrons. The van der Waals surface area contributed by atoms with Gasteiger partial charge in [-0.05, 0) is 69.2 Å². The molecule has 0 spiro atoms. The van der Waals surface area contributed by atoms with Crippen LogP contribution in [0.2, 0.25) is 5.02 Å². The van der Waals surface area contributed by atoms with Crippen molar-refractivity contribution in [2.75, 3.05) is 45.4 Å². The molecule has 34 heavy (non-hydrogen) atoms. The monoisotopic (exact) mass is 517 g/mol. The first-order chi connectivity index (χ1) is 16.3. The van der Waals surface area contributed by atoms with Crippen molar-refractivity contribution >= 4 is 35.3 Å². The number of rotatable bonds is 4. The summed E-state index contributed by atoms with van der Waals surface area (Å²) >= 11 is 7.54. The number of nitrogens with one attached hydrogen (secondary N) is 2. The second kappa shape index (κ2) is 15.4. The zero-order valence-electron chi connectivity index (χ0n) is 20.3. The highest BCUT2D eigenvalue weighted by molar-refractivity contribution is 7.97. The standard InChI is InChI=1S/C12H14ClFN2O.C10H17NO3.C2H6S/c1-7-4-8(11(14)5-10(7)13)6-15-12(17)16-9-2-3-9;12-10(9-8-13-6-7-14-9)11-4-2-1-3-5-11;1-3-2/h4-5,9H,2-3,6H2,1H3,(H2,15,16,17);9H,1-8H2;1-2H3. The van der Waals surface area contributed by atoms with E-state index < -0.39 is 5.82 Å². The summed E-state index contributed by atoms with van der Waals surface area (Å²) in [4.78, 5) is 25.1. The number of piperidine rings is 1. The summed E-state index contributed by atoms with van der Waals surface area (Å²) in [6, 6.07) is 2.97. The maximum atomic E-state index is 13.5. The van der Waals surface area contributed by atoms with Gasteiger partial charge in [-0.1, -0.05) is 11.6 Å². The Hall–Kier alpha value is -1.55. The fourth-order valence-electron chi connectivity index (χ4n) is 3.44. The summed E-state index contributed by atoms with van der Waals surface area (Å²) in [7, 11) is 0. The average Bonchev–Trinajstić information content (AvgIpc) is 3.66. The van der Waals surface area contributed by atoms with Gasteiger partial charge in [0.05, 0.1) is 19.8 Å². The number of halogens is 2. The lowest BCUT2D eigenvalue weighted by molar-refractivity contribution is -0.158. The van der Waals surface area contributed by atoms with Crippen LogP contribution in [0, 0.1) is 12.7 Å². The zero-order valence-corrected chi connectivity index (χ0v) is 21.9. The smallest absolute Gasteiger partial charge is 0.315 e. The molecule has 0 bridgehead atoms. The largest absolute Gasteiger partial charge is 0.376 e. The SMILES string of the molecule is CSC.Cc1cc(CNC(=O)NC2CC2)c(F)cc1Cl.O=C(C1COCCO1)N1CCCCC1. The molecule has 0 radical (unpaired) electrons. The summed E-state index contributed by atoms with van der Waals surface area (Å²) < 4.78 is 24.1. The summed E-state index contributed by atoms with van der Waals surface area (Å²) in [6.07, 6.45) is 9.29. The van der Waals surface area contributed by atoms with Crippen molar-refractivity contribution in [3.63, 3.8) is 0 Å². The summed E-state index contributed by atoms with van der Waals surface area (Å²) in [5.74, 6) is -0.281. The highest BCUT2D eigenvalue weighted by Crippen LogP contribution is 2.20. The quantitative estimate of drug-likeness (QED) is 0.627. The number of likely N-dealkylation sites (tertiary alicyclic amines) is 1. The molecule has 1 atom stereocenters. The molecular weight excluding hydrogens is 481 g/mol. The Kier molecular flexibility index (Phi) is 13.0. The van der Waals surface area contributed by atoms with Crippen LogP contribution in [0.1, 0.15) is 43.2 Å². The number of hydrogen-bond donors (Lipinski definition) is 2. The lowest BCUT2D eigenvalue weighted by Gasteiger charge is -2.31. The number of carbonyl (C=O) groups excluding carboxylic acids is 2. The predicted octanol–water partition coefficient (Wildman–Crippen LogP) is 4.14. The van der Waals surface area contributed by atoms with E-state index in [1.807, 2.05) is 17.4 Å². The first kappa shape index (κ1) is 28.7. The Morgan fingerprint density at radius 1 is 1.18 bits per heavy atom. The zero-order chi connectivity index (χ0) is 24.9. The molecule has 1 aliphatic carbocycles. The molecule has 4 rings (SSSR count). The summed E-state index contributed by atoms with van der Waals surface area (Å²) in [6.45, 7) is 5.33. The Morgan fingerprint density at radius 2 is 1.85 bits per heavy atom. The molecular formula is C24H37ClFN3O4S. The van der Waals surface area contributed by atoms with E-state index in [-0.39, 0.29) is 24.6 Å². The maximum absolute atomic E-state index is 13.5. The Bertz CT molecular complexity index is 766. The van der Waals surface area contributed by atoms with Crippen LogP contribution in [0.15, 0.2) is 12.1 Å². The van der Waals surface area contributed by atoms with Gasteiger partial charge in [0.25, 0.3) is 5.91 Å². The number of amides is 3. The van der Waals surface area contributed by atoms with Crippen LogP contribution in [-0.4, -0.2) is 74.4 Å². The third-order valence-corrected chi connectivity index (χ3v) is 5.85. The molecule has 1 aromatic rings. The highest BCUT2D eigenvalue weighted by atomic mass is 35.5. The highest BCUT2D eigenvalue weighted by Gasteiger charge is 2.28. The Morgan fingerprint density at radius 3 is 2.44 bits per heavy atom. The Labute approximate surface area is 211 Å². The molecule has 1 aromatic carbocycles. The van der Waals surface area contributed by atoms with Crippen LogP contribution in [0.25, 0.3) is 0 Å². The van der Waals surface area contributed by atoms with Gasteiger partial charge in [-0.2, -0.15) is 11.8 Å². The van der Waals surface area contributed by atoms with Gasteiger partial charge < -0.3 is 25.0 Å². The molecule has 10 heteroatoms. The van der Waals surface area contributed by atoms with Gasteiger partial charge in [0, 0.05) is 36.3 Å². The first-order valence-corrected chi connectivity index (χ1v) is 13.7. The van der Waals surface area contributed by atoms with Crippen LogP contribution in [0.4, 0.5) is 9.18 Å². The molecule has 2 N–H and O–H groups in total. The second-order valence-corrected chi connectivity index (χ2v) is 9.75. The van der Waals surface area contributed by atoms with E-state index in [0.29, 0.717) is 36.4 Å². The lowest BCUT2D eigenvalue weighted by atomic mass is 10.1. The molecule has 3 fully saturated rings. The van der Waals surface area contributed by atoms with E-state index in [2.05, 4.69) is 10.6 Å². The van der Waals surface area contributed by atoms with Crippen molar-refractivity contribution in [3.8, 4) is 0 Å². The van der Waals surface area contributed by atoms with E-state index in [0.717, 1.165) is 44.3 Å². The van der Waals surface area contributed by atoms with Crippen molar-refractivity contribution in [3.05, 3.63) is 34.1 Å². The molecule has 2 saturated heterocycles. The van der Waals surface area contributed by atoms with Gasteiger partial charge >= 0.3 is 6.03 Å². The van der Waals surface area contributed by atoms with Crippen molar-refractivity contribution in [2.24, 2.45) is 0 Å². The van der Waals surface area contributed by atoms with E-state index in [1.54, 1.807) is 24.8 Å². The van der Waals surface area contributed by atoms with E-state index >= 15 is 0 Å². The topological polar surface area (TPSA) is 79.9 Å². The van der Waals surface area contributed by atoms with Gasteiger partial charge in [0.15, 0.2) is 6.10 Å². The van der Waals surface area contributed by atoms with Crippen LogP contribution in [0.3, 0.4) is 0 Å². The number of nitrogens with zero attached hydrogens (tertiary/aromatic N) is 1. The predicted molar refractivity (Wildman–Crippen MR) is 135 cm³/mol. The molecule has 1 saturated carbocycles. The molecule has 3 amide bonds. The molecule has 0 aromatic heterocycles. The summed E-state index contributed by atoms with van der Waals surface area (Å²) in [5.41, 5.74) is 1.24. The number of thioether (sulfide) groups is 1. The maximum Gasteiger partial charge on any atom is 0.315 e. The van der Waals surface area contributed by atoms with Crippen molar-refractivity contribution in [1.29, 1.82) is 0 Å². The minimum absolute atomic E-state index is 0.115. The molecule has 2 heterocycles. The Balaban J connectivity index is 0.000000219. The summed E-state index contributed by atoms with van der Waals surface area (Å²) in [5, 5.41) is 5.79. The molecule has 3 aliphatic rings. The van der Waals surface area contributed by atoms with Crippen LogP contribution in [-0.2, 0) is 20.8 Å². The number of ether oxygens (including phenoxy) is 2. The molecule has 2 aliphatic heterocycles. The van der Waals surface area contributed by atoms with Gasteiger partial charge in [0.2, 0.25) is 0 Å². The first-order valence-electron chi connectivity index (χ1n) is 11.7. The van der Waals surface area contributed by atoms with Gasteiger partial charge in [-0.15, -0.1) is 0 Å².